The van der Waals surface area contributed by atoms with Crippen molar-refractivity contribution in [2.75, 3.05) is 5.32 Å². The third-order valence-electron chi connectivity index (χ3n) is 3.39. The quantitative estimate of drug-likeness (QED) is 0.604. The molecule has 0 bridgehead atoms. The van der Waals surface area contributed by atoms with Crippen molar-refractivity contribution >= 4 is 45.1 Å². The van der Waals surface area contributed by atoms with Gasteiger partial charge in [0.1, 0.15) is 5.76 Å². The van der Waals surface area contributed by atoms with Gasteiger partial charge in [0, 0.05) is 21.4 Å². The number of anilines is 1. The number of amides is 1. The normalized spacial score (nSPS) is 10.4. The number of thiocarbonyl (C=S) groups is 1. The Morgan fingerprint density at radius 3 is 2.38 bits per heavy atom. The van der Waals surface area contributed by atoms with E-state index in [-0.39, 0.29) is 10.9 Å². The van der Waals surface area contributed by atoms with Gasteiger partial charge in [0.2, 0.25) is 5.95 Å². The number of hydrogen-bond acceptors (Lipinski definition) is 5. The molecule has 26 heavy (non-hydrogen) atoms. The predicted molar refractivity (Wildman–Crippen MR) is 107 cm³/mol. The first kappa shape index (κ1) is 18.2. The summed E-state index contributed by atoms with van der Waals surface area (Å²) >= 11 is 8.53. The average Bonchev–Trinajstić information content (AvgIpc) is 3.04. The number of nitrogens with one attached hydrogen (secondary N) is 2. The molecule has 6 nitrogen and oxygen atoms in total. The standard InChI is InChI=1S/C18H15BrN4O2S/c1-10-9-11(2)21-17(20-10)23-18(26)22-16(24)15-8-7-14(25-15)12-3-5-13(19)6-4-12/h3-9H,1-2H3,(H2,20,21,22,23,24,26). The lowest BCUT2D eigenvalue weighted by atomic mass is 10.2. The molecule has 1 aromatic carbocycles. The highest BCUT2D eigenvalue weighted by Gasteiger charge is 2.14. The third-order valence-corrected chi connectivity index (χ3v) is 4.13. The zero-order chi connectivity index (χ0) is 18.7. The fourth-order valence-corrected chi connectivity index (χ4v) is 2.76. The van der Waals surface area contributed by atoms with E-state index in [1.165, 1.54) is 0 Å². The Kier molecular flexibility index (Phi) is 5.43. The van der Waals surface area contributed by atoms with Crippen LogP contribution in [-0.2, 0) is 0 Å². The Morgan fingerprint density at radius 1 is 1.08 bits per heavy atom. The second-order valence-corrected chi connectivity index (χ2v) is 6.88. The van der Waals surface area contributed by atoms with E-state index in [0.29, 0.717) is 11.7 Å². The molecule has 2 aromatic heterocycles. The van der Waals surface area contributed by atoms with E-state index in [0.717, 1.165) is 21.4 Å². The second-order valence-electron chi connectivity index (χ2n) is 5.55. The van der Waals surface area contributed by atoms with Gasteiger partial charge in [0.05, 0.1) is 0 Å². The molecule has 0 unspecified atom stereocenters. The lowest BCUT2D eigenvalue weighted by Gasteiger charge is -2.08. The Hall–Kier alpha value is -2.58. The number of benzene rings is 1. The molecule has 1 amide bonds. The minimum atomic E-state index is -0.449. The minimum Gasteiger partial charge on any atom is -0.451 e. The topological polar surface area (TPSA) is 80.0 Å². The molecular weight excluding hydrogens is 416 g/mol. The maximum atomic E-state index is 12.3. The summed E-state index contributed by atoms with van der Waals surface area (Å²) in [5, 5.41) is 5.46. The number of carbonyl (C=O) groups is 1. The molecule has 3 rings (SSSR count). The number of furan rings is 1. The first-order chi connectivity index (χ1) is 12.4. The minimum absolute atomic E-state index is 0.0987. The van der Waals surface area contributed by atoms with Gasteiger partial charge in [-0.2, -0.15) is 0 Å². The van der Waals surface area contributed by atoms with Crippen LogP contribution in [0.4, 0.5) is 5.95 Å². The van der Waals surface area contributed by atoms with E-state index in [1.807, 2.05) is 44.2 Å². The molecule has 3 aromatic rings. The van der Waals surface area contributed by atoms with Gasteiger partial charge in [-0.25, -0.2) is 9.97 Å². The van der Waals surface area contributed by atoms with Gasteiger partial charge in [-0.05, 0) is 56.4 Å². The predicted octanol–water partition coefficient (Wildman–Crippen LogP) is 4.24. The average molecular weight is 431 g/mol. The number of halogens is 1. The number of aromatic nitrogens is 2. The number of nitrogens with zero attached hydrogens (tertiary/aromatic N) is 2. The SMILES string of the molecule is Cc1cc(C)nc(NC(=S)NC(=O)c2ccc(-c3ccc(Br)cc3)o2)n1. The van der Waals surface area contributed by atoms with Crippen molar-refractivity contribution in [3.8, 4) is 11.3 Å². The maximum Gasteiger partial charge on any atom is 0.293 e. The van der Waals surface area contributed by atoms with Gasteiger partial charge in [-0.1, -0.05) is 28.1 Å². The zero-order valence-electron chi connectivity index (χ0n) is 14.0. The summed E-state index contributed by atoms with van der Waals surface area (Å²) in [4.78, 5) is 20.7. The van der Waals surface area contributed by atoms with Crippen molar-refractivity contribution in [3.63, 3.8) is 0 Å². The molecule has 0 radical (unpaired) electrons. The van der Waals surface area contributed by atoms with Crippen LogP contribution < -0.4 is 10.6 Å². The van der Waals surface area contributed by atoms with E-state index in [9.17, 15) is 4.79 Å². The second kappa shape index (κ2) is 7.76. The monoisotopic (exact) mass is 430 g/mol. The lowest BCUT2D eigenvalue weighted by Crippen LogP contribution is -2.34. The van der Waals surface area contributed by atoms with Gasteiger partial charge in [-0.3, -0.25) is 10.1 Å². The fraction of sp³-hybridized carbons (Fsp3) is 0.111. The molecule has 0 spiro atoms. The van der Waals surface area contributed by atoms with Crippen LogP contribution in [-0.4, -0.2) is 21.0 Å². The number of hydrogen-bond donors (Lipinski definition) is 2. The fourth-order valence-electron chi connectivity index (χ4n) is 2.31. The van der Waals surface area contributed by atoms with Gasteiger partial charge in [0.15, 0.2) is 10.9 Å². The Labute approximate surface area is 164 Å². The van der Waals surface area contributed by atoms with Crippen LogP contribution in [0.2, 0.25) is 0 Å². The van der Waals surface area contributed by atoms with Crippen LogP contribution in [0.5, 0.6) is 0 Å². The molecule has 0 saturated heterocycles. The molecule has 0 atom stereocenters. The molecular formula is C18H15BrN4O2S. The van der Waals surface area contributed by atoms with Gasteiger partial charge in [-0.15, -0.1) is 0 Å². The third kappa shape index (κ3) is 4.53. The van der Waals surface area contributed by atoms with Gasteiger partial charge in [0.25, 0.3) is 5.91 Å². The number of aryl methyl sites for hydroxylation is 2. The Bertz CT molecular complexity index is 949. The molecule has 0 aliphatic carbocycles. The van der Waals surface area contributed by atoms with Crippen LogP contribution in [0.3, 0.4) is 0 Å². The summed E-state index contributed by atoms with van der Waals surface area (Å²) in [5.41, 5.74) is 2.48. The first-order valence-electron chi connectivity index (χ1n) is 7.71. The highest BCUT2D eigenvalue weighted by Crippen LogP contribution is 2.24. The van der Waals surface area contributed by atoms with Crippen LogP contribution >= 0.6 is 28.1 Å². The van der Waals surface area contributed by atoms with E-state index in [1.54, 1.807) is 12.1 Å². The van der Waals surface area contributed by atoms with E-state index < -0.39 is 5.91 Å². The first-order valence-corrected chi connectivity index (χ1v) is 8.91. The summed E-state index contributed by atoms with van der Waals surface area (Å²) < 4.78 is 6.58. The molecule has 8 heteroatoms. The van der Waals surface area contributed by atoms with Crippen molar-refractivity contribution in [2.24, 2.45) is 0 Å². The van der Waals surface area contributed by atoms with Gasteiger partial charge < -0.3 is 9.73 Å². The van der Waals surface area contributed by atoms with Crippen LogP contribution in [0.15, 0.2) is 51.4 Å². The summed E-state index contributed by atoms with van der Waals surface area (Å²) in [6, 6.07) is 12.8. The van der Waals surface area contributed by atoms with E-state index >= 15 is 0 Å². The number of rotatable bonds is 3. The van der Waals surface area contributed by atoms with E-state index in [2.05, 4.69) is 36.5 Å². The maximum absolute atomic E-state index is 12.3. The van der Waals surface area contributed by atoms with Gasteiger partial charge >= 0.3 is 0 Å². The van der Waals surface area contributed by atoms with Crippen molar-refractivity contribution in [2.45, 2.75) is 13.8 Å². The largest absolute Gasteiger partial charge is 0.451 e. The van der Waals surface area contributed by atoms with E-state index in [4.69, 9.17) is 16.6 Å². The van der Waals surface area contributed by atoms with Crippen molar-refractivity contribution < 1.29 is 9.21 Å². The molecule has 0 aliphatic rings. The summed E-state index contributed by atoms with van der Waals surface area (Å²) in [6.45, 7) is 3.71. The number of carbonyl (C=O) groups excluding carboxylic acids is 1. The molecule has 2 N–H and O–H groups in total. The van der Waals surface area contributed by atoms with Crippen molar-refractivity contribution in [3.05, 3.63) is 64.1 Å². The summed E-state index contributed by atoms with van der Waals surface area (Å²) in [6.07, 6.45) is 0. The van der Waals surface area contributed by atoms with Crippen LogP contribution in [0, 0.1) is 13.8 Å². The van der Waals surface area contributed by atoms with Crippen molar-refractivity contribution in [1.29, 1.82) is 0 Å². The Balaban J connectivity index is 1.66. The zero-order valence-corrected chi connectivity index (χ0v) is 16.4. The highest BCUT2D eigenvalue weighted by molar-refractivity contribution is 9.10. The molecule has 132 valence electrons. The van der Waals surface area contributed by atoms with Crippen molar-refractivity contribution in [1.82, 2.24) is 15.3 Å². The molecule has 0 saturated carbocycles. The molecule has 2 heterocycles. The Morgan fingerprint density at radius 2 is 1.73 bits per heavy atom. The molecule has 0 aliphatic heterocycles. The lowest BCUT2D eigenvalue weighted by molar-refractivity contribution is 0.0951. The summed E-state index contributed by atoms with van der Waals surface area (Å²) in [7, 11) is 0. The van der Waals surface area contributed by atoms with Crippen LogP contribution in [0.25, 0.3) is 11.3 Å². The smallest absolute Gasteiger partial charge is 0.293 e. The summed E-state index contributed by atoms with van der Waals surface area (Å²) in [5.74, 6) is 0.644. The molecule has 0 fully saturated rings. The highest BCUT2D eigenvalue weighted by atomic mass is 79.9. The van der Waals surface area contributed by atoms with Crippen LogP contribution in [0.1, 0.15) is 21.9 Å².